The molecule has 0 radical (unpaired) electrons. The first-order valence-electron chi connectivity index (χ1n) is 12.4. The van der Waals surface area contributed by atoms with Gasteiger partial charge in [0, 0.05) is 31.3 Å². The van der Waals surface area contributed by atoms with Gasteiger partial charge in [-0.3, -0.25) is 4.90 Å². The van der Waals surface area contributed by atoms with Crippen molar-refractivity contribution in [1.29, 1.82) is 0 Å². The van der Waals surface area contributed by atoms with E-state index in [0.29, 0.717) is 49.0 Å². The number of nitrogens with zero attached hydrogens (tertiary/aromatic N) is 3. The second-order valence-corrected chi connectivity index (χ2v) is 10.3. The molecule has 4 rings (SSSR count). The van der Waals surface area contributed by atoms with Crippen molar-refractivity contribution >= 4 is 11.6 Å². The molecule has 1 fully saturated rings. The summed E-state index contributed by atoms with van der Waals surface area (Å²) in [6.45, 7) is 9.33. The van der Waals surface area contributed by atoms with Crippen LogP contribution in [0.5, 0.6) is 11.6 Å². The third kappa shape index (κ3) is 7.55. The van der Waals surface area contributed by atoms with Crippen LogP contribution < -0.4 is 4.74 Å². The molecule has 7 heteroatoms. The van der Waals surface area contributed by atoms with Crippen molar-refractivity contribution < 1.29 is 14.6 Å². The molecule has 1 unspecified atom stereocenters. The number of hydrogen-bond acceptors (Lipinski definition) is 5. The number of aliphatic hydroxyl groups excluding tert-OH is 1. The Morgan fingerprint density at radius 3 is 2.57 bits per heavy atom. The fraction of sp³-hybridized carbons (Fsp3) is 0.464. The van der Waals surface area contributed by atoms with E-state index in [-0.39, 0.29) is 0 Å². The summed E-state index contributed by atoms with van der Waals surface area (Å²) in [5.74, 6) is 2.54. The van der Waals surface area contributed by atoms with Crippen molar-refractivity contribution in [3.05, 3.63) is 70.9 Å². The predicted octanol–water partition coefficient (Wildman–Crippen LogP) is 5.87. The van der Waals surface area contributed by atoms with Gasteiger partial charge in [0.2, 0.25) is 5.88 Å². The van der Waals surface area contributed by atoms with Crippen molar-refractivity contribution in [2.24, 2.45) is 11.8 Å². The van der Waals surface area contributed by atoms with Crippen molar-refractivity contribution in [2.45, 2.75) is 46.3 Å². The van der Waals surface area contributed by atoms with E-state index in [9.17, 15) is 5.11 Å². The topological polar surface area (TPSA) is 59.8 Å². The van der Waals surface area contributed by atoms with Crippen molar-refractivity contribution in [2.75, 3.05) is 26.3 Å². The summed E-state index contributed by atoms with van der Waals surface area (Å²) >= 11 is 6.29. The van der Waals surface area contributed by atoms with Gasteiger partial charge in [0.15, 0.2) is 0 Å². The Morgan fingerprint density at radius 1 is 1.11 bits per heavy atom. The Kier molecular flexibility index (Phi) is 8.84. The molecule has 1 atom stereocenters. The zero-order valence-corrected chi connectivity index (χ0v) is 21.6. The van der Waals surface area contributed by atoms with Gasteiger partial charge >= 0.3 is 0 Å². The maximum atomic E-state index is 10.7. The van der Waals surface area contributed by atoms with E-state index in [4.69, 9.17) is 26.2 Å². The molecule has 35 heavy (non-hydrogen) atoms. The molecule has 188 valence electrons. The average molecular weight is 498 g/mol. The smallest absolute Gasteiger partial charge is 0.227 e. The Morgan fingerprint density at radius 2 is 1.89 bits per heavy atom. The lowest BCUT2D eigenvalue weighted by Gasteiger charge is -2.25. The van der Waals surface area contributed by atoms with Crippen LogP contribution in [0.25, 0.3) is 5.69 Å². The number of rotatable bonds is 13. The lowest BCUT2D eigenvalue weighted by Crippen LogP contribution is -2.36. The third-order valence-electron chi connectivity index (χ3n) is 5.97. The normalized spacial score (nSPS) is 14.6. The highest BCUT2D eigenvalue weighted by molar-refractivity contribution is 6.30. The molecule has 1 aliphatic carbocycles. The molecule has 1 aliphatic rings. The zero-order chi connectivity index (χ0) is 24.8. The number of benzene rings is 2. The van der Waals surface area contributed by atoms with E-state index >= 15 is 0 Å². The lowest BCUT2D eigenvalue weighted by atomic mass is 10.2. The average Bonchev–Trinajstić information content (AvgIpc) is 3.58. The Labute approximate surface area is 213 Å². The maximum absolute atomic E-state index is 10.7. The van der Waals surface area contributed by atoms with Crippen molar-refractivity contribution in [1.82, 2.24) is 14.7 Å². The second kappa shape index (κ2) is 12.0. The number of ether oxygens (including phenoxy) is 2. The number of aromatic nitrogens is 2. The van der Waals surface area contributed by atoms with Crippen LogP contribution in [0.3, 0.4) is 0 Å². The number of para-hydroxylation sites is 1. The van der Waals surface area contributed by atoms with E-state index in [1.807, 2.05) is 66.2 Å². The summed E-state index contributed by atoms with van der Waals surface area (Å²) in [5.41, 5.74) is 2.74. The van der Waals surface area contributed by atoms with Gasteiger partial charge in [0.25, 0.3) is 0 Å². The van der Waals surface area contributed by atoms with Crippen LogP contribution in [0.4, 0.5) is 0 Å². The fourth-order valence-corrected chi connectivity index (χ4v) is 4.28. The summed E-state index contributed by atoms with van der Waals surface area (Å²) in [5, 5.41) is 16.2. The number of aryl methyl sites for hydroxylation is 1. The summed E-state index contributed by atoms with van der Waals surface area (Å²) in [6, 6.07) is 17.4. The van der Waals surface area contributed by atoms with Gasteiger partial charge < -0.3 is 14.6 Å². The number of halogens is 1. The maximum Gasteiger partial charge on any atom is 0.227 e. The minimum Gasteiger partial charge on any atom is -0.439 e. The second-order valence-electron chi connectivity index (χ2n) is 9.90. The van der Waals surface area contributed by atoms with E-state index in [1.165, 1.54) is 12.8 Å². The van der Waals surface area contributed by atoms with E-state index in [2.05, 4.69) is 18.7 Å². The first-order valence-corrected chi connectivity index (χ1v) is 12.8. The van der Waals surface area contributed by atoms with Crippen molar-refractivity contribution in [3.8, 4) is 17.3 Å². The van der Waals surface area contributed by atoms with Gasteiger partial charge in [-0.15, -0.1) is 0 Å². The van der Waals surface area contributed by atoms with Crippen molar-refractivity contribution in [3.63, 3.8) is 0 Å². The first-order chi connectivity index (χ1) is 16.9. The highest BCUT2D eigenvalue weighted by atomic mass is 35.5. The molecule has 6 nitrogen and oxygen atoms in total. The molecule has 1 heterocycles. The molecular weight excluding hydrogens is 462 g/mol. The fourth-order valence-electron chi connectivity index (χ4n) is 4.09. The predicted molar refractivity (Wildman–Crippen MR) is 139 cm³/mol. The molecule has 1 N–H and O–H groups in total. The molecular formula is C28H36ClN3O3. The quantitative estimate of drug-likeness (QED) is 0.320. The van der Waals surface area contributed by atoms with E-state index in [1.54, 1.807) is 0 Å². The molecule has 1 aromatic heterocycles. The van der Waals surface area contributed by atoms with Gasteiger partial charge in [0.1, 0.15) is 5.75 Å². The van der Waals surface area contributed by atoms with E-state index < -0.39 is 6.10 Å². The molecule has 3 aromatic rings. The molecule has 2 aromatic carbocycles. The molecule has 0 amide bonds. The summed E-state index contributed by atoms with van der Waals surface area (Å²) in [7, 11) is 0. The Hall–Kier alpha value is -2.38. The number of aliphatic hydroxyl groups is 1. The number of hydrogen-bond donors (Lipinski definition) is 1. The first kappa shape index (κ1) is 25.7. The third-order valence-corrected chi connectivity index (χ3v) is 6.21. The van der Waals surface area contributed by atoms with E-state index in [0.717, 1.165) is 29.2 Å². The highest BCUT2D eigenvalue weighted by Gasteiger charge is 2.28. The van der Waals surface area contributed by atoms with Gasteiger partial charge in [-0.05, 0) is 61.9 Å². The van der Waals surface area contributed by atoms with Gasteiger partial charge in [-0.25, -0.2) is 4.68 Å². The Balaban J connectivity index is 1.60. The standard InChI is InChI=1S/C28H36ClN3O3/c1-20(2)18-34-19-25(33)16-31(15-22-12-13-22)17-27-21(3)30-32(24-9-7-8-23(29)14-24)28(27)35-26-10-5-4-6-11-26/h4-11,14,20,22,25,33H,12-13,15-19H2,1-3H3. The summed E-state index contributed by atoms with van der Waals surface area (Å²) in [6.07, 6.45) is 1.93. The Bertz CT molecular complexity index is 1080. The zero-order valence-electron chi connectivity index (χ0n) is 20.9. The van der Waals surface area contributed by atoms with Gasteiger partial charge in [-0.2, -0.15) is 5.10 Å². The van der Waals surface area contributed by atoms with Crippen LogP contribution >= 0.6 is 11.6 Å². The minimum atomic E-state index is -0.547. The van der Waals surface area contributed by atoms with Gasteiger partial charge in [0.05, 0.1) is 29.7 Å². The summed E-state index contributed by atoms with van der Waals surface area (Å²) in [4.78, 5) is 2.31. The van der Waals surface area contributed by atoms with Crippen LogP contribution in [-0.2, 0) is 11.3 Å². The summed E-state index contributed by atoms with van der Waals surface area (Å²) < 4.78 is 13.9. The monoisotopic (exact) mass is 497 g/mol. The van der Waals surface area contributed by atoms with Crippen LogP contribution in [0, 0.1) is 18.8 Å². The minimum absolute atomic E-state index is 0.341. The van der Waals surface area contributed by atoms with Gasteiger partial charge in [-0.1, -0.05) is 49.7 Å². The van der Waals surface area contributed by atoms with Crippen LogP contribution in [0.15, 0.2) is 54.6 Å². The highest BCUT2D eigenvalue weighted by Crippen LogP contribution is 2.34. The van der Waals surface area contributed by atoms with Crippen LogP contribution in [0.2, 0.25) is 5.02 Å². The molecule has 0 aliphatic heterocycles. The van der Waals surface area contributed by atoms with Crippen LogP contribution in [-0.4, -0.2) is 52.2 Å². The molecule has 0 bridgehead atoms. The van der Waals surface area contributed by atoms with Crippen LogP contribution in [0.1, 0.15) is 37.9 Å². The SMILES string of the molecule is Cc1nn(-c2cccc(Cl)c2)c(Oc2ccccc2)c1CN(CC(O)COCC(C)C)CC1CC1. The molecule has 0 spiro atoms. The molecule has 0 saturated heterocycles. The lowest BCUT2D eigenvalue weighted by molar-refractivity contribution is 0.00609. The molecule has 1 saturated carbocycles. The largest absolute Gasteiger partial charge is 0.439 e.